The molecule has 0 aliphatic carbocycles. The van der Waals surface area contributed by atoms with Gasteiger partial charge in [0.25, 0.3) is 11.8 Å². The van der Waals surface area contributed by atoms with E-state index in [-0.39, 0.29) is 16.4 Å². The predicted molar refractivity (Wildman–Crippen MR) is 140 cm³/mol. The minimum absolute atomic E-state index is 0.0469. The zero-order valence-corrected chi connectivity index (χ0v) is 20.8. The van der Waals surface area contributed by atoms with Crippen LogP contribution in [0.5, 0.6) is 5.75 Å². The Balaban J connectivity index is 1.63. The summed E-state index contributed by atoms with van der Waals surface area (Å²) in [4.78, 5) is 41.3. The van der Waals surface area contributed by atoms with Gasteiger partial charge in [0, 0.05) is 4.90 Å². The molecule has 4 rings (SSSR count). The average molecular weight is 503 g/mol. The van der Waals surface area contributed by atoms with Crippen LogP contribution in [-0.4, -0.2) is 29.5 Å². The Morgan fingerprint density at radius 2 is 1.67 bits per heavy atom. The minimum atomic E-state index is -0.559. The van der Waals surface area contributed by atoms with Crippen LogP contribution in [0.4, 0.5) is 11.4 Å². The number of anilines is 2. The van der Waals surface area contributed by atoms with Crippen LogP contribution in [-0.2, 0) is 14.3 Å². The molecule has 0 bridgehead atoms. The van der Waals surface area contributed by atoms with Crippen LogP contribution in [0, 0.1) is 6.92 Å². The highest BCUT2D eigenvalue weighted by molar-refractivity contribution is 8.04. The molecule has 0 atom stereocenters. The number of carbonyl (C=O) groups is 3. The largest absolute Gasteiger partial charge is 0.506 e. The molecule has 0 aromatic heterocycles. The maximum Gasteiger partial charge on any atom is 0.338 e. The number of benzene rings is 3. The van der Waals surface area contributed by atoms with Crippen molar-refractivity contribution < 1.29 is 24.2 Å². The molecule has 2 amide bonds. The highest BCUT2D eigenvalue weighted by Gasteiger charge is 2.40. The summed E-state index contributed by atoms with van der Waals surface area (Å²) in [5.74, 6) is -1.56. The molecule has 184 valence electrons. The predicted octanol–water partition coefficient (Wildman–Crippen LogP) is 5.65. The second-order valence-electron chi connectivity index (χ2n) is 8.24. The molecule has 36 heavy (non-hydrogen) atoms. The number of thioether (sulfide) groups is 1. The normalized spacial score (nSPS) is 13.3. The number of hydrogen-bond donors (Lipinski definition) is 2. The number of rotatable bonds is 9. The molecule has 8 heteroatoms. The van der Waals surface area contributed by atoms with Gasteiger partial charge < -0.3 is 15.2 Å². The van der Waals surface area contributed by atoms with Gasteiger partial charge in [-0.05, 0) is 61.9 Å². The first-order valence-corrected chi connectivity index (χ1v) is 12.4. The van der Waals surface area contributed by atoms with Crippen molar-refractivity contribution >= 4 is 40.9 Å². The van der Waals surface area contributed by atoms with E-state index in [0.717, 1.165) is 28.2 Å². The fourth-order valence-corrected chi connectivity index (χ4v) is 4.45. The van der Waals surface area contributed by atoms with Gasteiger partial charge in [-0.2, -0.15) is 0 Å². The molecule has 0 saturated heterocycles. The zero-order valence-electron chi connectivity index (χ0n) is 20.0. The number of nitrogens with one attached hydrogen (secondary N) is 1. The number of amides is 2. The number of carbonyl (C=O) groups excluding carboxylic acids is 3. The molecule has 1 aliphatic heterocycles. The van der Waals surface area contributed by atoms with E-state index in [4.69, 9.17) is 4.74 Å². The summed E-state index contributed by atoms with van der Waals surface area (Å²) in [6, 6.07) is 20.3. The molecular formula is C28H26N2O5S. The van der Waals surface area contributed by atoms with Gasteiger partial charge in [-0.1, -0.05) is 54.9 Å². The SMILES string of the molecule is CCCCOC(=O)c1ccc(N2C(=O)C(Nc3ccccc3O)=C(Sc3ccc(C)cc3)C2=O)cc1. The second-order valence-corrected chi connectivity index (χ2v) is 9.33. The number of hydrogen-bond acceptors (Lipinski definition) is 7. The average Bonchev–Trinajstić information content (AvgIpc) is 3.10. The number of phenols is 1. The van der Waals surface area contributed by atoms with Gasteiger partial charge in [0.1, 0.15) is 16.4 Å². The lowest BCUT2D eigenvalue weighted by atomic mass is 10.2. The third-order valence-corrected chi connectivity index (χ3v) is 6.63. The van der Waals surface area contributed by atoms with Crippen LogP contribution in [0.2, 0.25) is 0 Å². The lowest BCUT2D eigenvalue weighted by Gasteiger charge is -2.16. The summed E-state index contributed by atoms with van der Waals surface area (Å²) < 4.78 is 5.23. The standard InChI is InChI=1S/C28H26N2O5S/c1-3-4-17-35-28(34)19-11-13-20(14-12-19)30-26(32)24(29-22-7-5-6-8-23(22)31)25(27(30)33)36-21-15-9-18(2)10-16-21/h5-16,29,31H,3-4,17H2,1-2H3. The quantitative estimate of drug-likeness (QED) is 0.169. The Labute approximate surface area is 213 Å². The number of aryl methyl sites for hydroxylation is 1. The molecule has 2 N–H and O–H groups in total. The summed E-state index contributed by atoms with van der Waals surface area (Å²) in [5, 5.41) is 13.2. The maximum atomic E-state index is 13.5. The van der Waals surface area contributed by atoms with Crippen molar-refractivity contribution in [3.63, 3.8) is 0 Å². The van der Waals surface area contributed by atoms with E-state index in [0.29, 0.717) is 23.5 Å². The number of para-hydroxylation sites is 2. The number of imide groups is 1. The highest BCUT2D eigenvalue weighted by Crippen LogP contribution is 2.39. The summed E-state index contributed by atoms with van der Waals surface area (Å²) in [6.45, 7) is 4.31. The number of unbranched alkanes of at least 4 members (excludes halogenated alkanes) is 1. The molecule has 0 unspecified atom stereocenters. The zero-order chi connectivity index (χ0) is 25.7. The Morgan fingerprint density at radius 1 is 0.972 bits per heavy atom. The molecule has 0 saturated carbocycles. The van der Waals surface area contributed by atoms with E-state index in [9.17, 15) is 19.5 Å². The van der Waals surface area contributed by atoms with E-state index in [1.165, 1.54) is 30.0 Å². The second kappa shape index (κ2) is 11.1. The first kappa shape index (κ1) is 25.1. The lowest BCUT2D eigenvalue weighted by molar-refractivity contribution is -0.120. The Hall–Kier alpha value is -4.04. The van der Waals surface area contributed by atoms with Crippen molar-refractivity contribution in [2.45, 2.75) is 31.6 Å². The van der Waals surface area contributed by atoms with Crippen molar-refractivity contribution in [3.05, 3.63) is 94.5 Å². The molecule has 0 fully saturated rings. The molecule has 0 radical (unpaired) electrons. The first-order valence-electron chi connectivity index (χ1n) is 11.6. The number of ether oxygens (including phenoxy) is 1. The van der Waals surface area contributed by atoms with Crippen LogP contribution in [0.1, 0.15) is 35.7 Å². The van der Waals surface area contributed by atoms with Crippen LogP contribution >= 0.6 is 11.8 Å². The van der Waals surface area contributed by atoms with Crippen LogP contribution in [0.15, 0.2) is 88.3 Å². The topological polar surface area (TPSA) is 95.9 Å². The fourth-order valence-electron chi connectivity index (χ4n) is 3.53. The van der Waals surface area contributed by atoms with Gasteiger partial charge in [-0.15, -0.1) is 0 Å². The number of nitrogens with zero attached hydrogens (tertiary/aromatic N) is 1. The summed E-state index contributed by atoms with van der Waals surface area (Å²) in [7, 11) is 0. The maximum absolute atomic E-state index is 13.5. The van der Waals surface area contributed by atoms with E-state index in [1.807, 2.05) is 38.1 Å². The molecule has 3 aromatic carbocycles. The summed E-state index contributed by atoms with van der Waals surface area (Å²) in [6.07, 6.45) is 1.69. The molecule has 0 spiro atoms. The Bertz CT molecular complexity index is 1320. The number of esters is 1. The summed E-state index contributed by atoms with van der Waals surface area (Å²) in [5.41, 5.74) is 2.11. The molecule has 1 heterocycles. The lowest BCUT2D eigenvalue weighted by Crippen LogP contribution is -2.32. The van der Waals surface area contributed by atoms with Crippen molar-refractivity contribution in [1.29, 1.82) is 0 Å². The monoisotopic (exact) mass is 502 g/mol. The molecule has 7 nitrogen and oxygen atoms in total. The van der Waals surface area contributed by atoms with Crippen LogP contribution in [0.3, 0.4) is 0 Å². The summed E-state index contributed by atoms with van der Waals surface area (Å²) >= 11 is 1.17. The van der Waals surface area contributed by atoms with Gasteiger partial charge >= 0.3 is 5.97 Å². The molecular weight excluding hydrogens is 476 g/mol. The first-order chi connectivity index (χ1) is 17.4. The van der Waals surface area contributed by atoms with Crippen LogP contribution < -0.4 is 10.2 Å². The van der Waals surface area contributed by atoms with Crippen LogP contribution in [0.25, 0.3) is 0 Å². The van der Waals surface area contributed by atoms with Gasteiger partial charge in [-0.25, -0.2) is 9.69 Å². The Morgan fingerprint density at radius 3 is 2.33 bits per heavy atom. The van der Waals surface area contributed by atoms with Gasteiger partial charge in [0.05, 0.1) is 23.5 Å². The molecule has 3 aromatic rings. The smallest absolute Gasteiger partial charge is 0.338 e. The third-order valence-electron chi connectivity index (χ3n) is 5.54. The van der Waals surface area contributed by atoms with Crippen molar-refractivity contribution in [2.75, 3.05) is 16.8 Å². The Kier molecular flexibility index (Phi) is 7.75. The molecule has 1 aliphatic rings. The highest BCUT2D eigenvalue weighted by atomic mass is 32.2. The van der Waals surface area contributed by atoms with Crippen molar-refractivity contribution in [2.24, 2.45) is 0 Å². The number of phenolic OH excluding ortho intramolecular Hbond substituents is 1. The minimum Gasteiger partial charge on any atom is -0.506 e. The van der Waals surface area contributed by atoms with E-state index < -0.39 is 17.8 Å². The van der Waals surface area contributed by atoms with Crippen molar-refractivity contribution in [3.8, 4) is 5.75 Å². The van der Waals surface area contributed by atoms with Crippen molar-refractivity contribution in [1.82, 2.24) is 0 Å². The van der Waals surface area contributed by atoms with E-state index >= 15 is 0 Å². The van der Waals surface area contributed by atoms with Gasteiger partial charge in [0.2, 0.25) is 0 Å². The number of aromatic hydroxyl groups is 1. The third kappa shape index (κ3) is 5.44. The van der Waals surface area contributed by atoms with E-state index in [1.54, 1.807) is 30.3 Å². The van der Waals surface area contributed by atoms with Gasteiger partial charge in [-0.3, -0.25) is 9.59 Å². The fraction of sp³-hybridized carbons (Fsp3) is 0.179. The van der Waals surface area contributed by atoms with Gasteiger partial charge in [0.15, 0.2) is 0 Å². The van der Waals surface area contributed by atoms with E-state index in [2.05, 4.69) is 5.32 Å².